The van der Waals surface area contributed by atoms with Crippen LogP contribution >= 0.6 is 0 Å². The lowest BCUT2D eigenvalue weighted by Crippen LogP contribution is -2.11. The van der Waals surface area contributed by atoms with Crippen LogP contribution < -0.4 is 10.9 Å². The first-order chi connectivity index (χ1) is 10.7. The quantitative estimate of drug-likeness (QED) is 0.789. The third kappa shape index (κ3) is 3.06. The average molecular weight is 295 g/mol. The Morgan fingerprint density at radius 2 is 1.59 bits per heavy atom. The van der Waals surface area contributed by atoms with Gasteiger partial charge in [0.25, 0.3) is 0 Å². The lowest BCUT2D eigenvalue weighted by atomic mass is 10.1. The predicted molar refractivity (Wildman–Crippen MR) is 84.1 cm³/mol. The van der Waals surface area contributed by atoms with Crippen LogP contribution in [0.4, 0.5) is 10.1 Å². The van der Waals surface area contributed by atoms with E-state index in [9.17, 15) is 9.18 Å². The van der Waals surface area contributed by atoms with E-state index >= 15 is 0 Å². The van der Waals surface area contributed by atoms with Crippen LogP contribution in [0.5, 0.6) is 0 Å². The van der Waals surface area contributed by atoms with E-state index in [-0.39, 0.29) is 5.69 Å². The third-order valence-electron chi connectivity index (χ3n) is 3.28. The van der Waals surface area contributed by atoms with Gasteiger partial charge in [0.05, 0.1) is 5.69 Å². The summed E-state index contributed by atoms with van der Waals surface area (Å²) in [5, 5.41) is 2.95. The van der Waals surface area contributed by atoms with Gasteiger partial charge in [-0.3, -0.25) is 0 Å². The van der Waals surface area contributed by atoms with Gasteiger partial charge in [0.2, 0.25) is 5.82 Å². The summed E-state index contributed by atoms with van der Waals surface area (Å²) in [4.78, 5) is 11.7. The molecule has 0 saturated heterocycles. The summed E-state index contributed by atoms with van der Waals surface area (Å²) < 4.78 is 18.9. The molecule has 22 heavy (non-hydrogen) atoms. The maximum absolute atomic E-state index is 13.9. The summed E-state index contributed by atoms with van der Waals surface area (Å²) >= 11 is 0. The Kier molecular flexibility index (Phi) is 4.01. The van der Waals surface area contributed by atoms with Crippen LogP contribution in [0.15, 0.2) is 75.9 Å². The normalized spacial score (nSPS) is 10.4. The van der Waals surface area contributed by atoms with Gasteiger partial charge < -0.3 is 9.73 Å². The van der Waals surface area contributed by atoms with Crippen LogP contribution in [0, 0.1) is 5.82 Å². The van der Waals surface area contributed by atoms with Crippen molar-refractivity contribution in [3.05, 3.63) is 88.5 Å². The predicted octanol–water partition coefficient (Wildman–Crippen LogP) is 4.06. The van der Waals surface area contributed by atoms with Crippen molar-refractivity contribution >= 4 is 5.69 Å². The first-order valence-electron chi connectivity index (χ1n) is 6.91. The molecule has 0 spiro atoms. The molecule has 0 saturated carbocycles. The van der Waals surface area contributed by atoms with Gasteiger partial charge in [-0.25, -0.2) is 4.79 Å². The van der Waals surface area contributed by atoms with E-state index in [0.717, 1.165) is 11.1 Å². The molecule has 3 nitrogen and oxygen atoms in total. The lowest BCUT2D eigenvalue weighted by Gasteiger charge is -2.08. The molecule has 2 aromatic carbocycles. The molecule has 0 aliphatic rings. The van der Waals surface area contributed by atoms with Gasteiger partial charge in [-0.2, -0.15) is 4.39 Å². The number of halogens is 1. The minimum absolute atomic E-state index is 0.138. The van der Waals surface area contributed by atoms with E-state index in [4.69, 9.17) is 4.42 Å². The molecule has 1 N–H and O–H groups in total. The number of nitrogens with one attached hydrogen (secondary N) is 1. The monoisotopic (exact) mass is 295 g/mol. The van der Waals surface area contributed by atoms with Gasteiger partial charge in [0, 0.05) is 18.2 Å². The highest BCUT2D eigenvalue weighted by molar-refractivity contribution is 5.62. The fourth-order valence-electron chi connectivity index (χ4n) is 2.15. The van der Waals surface area contributed by atoms with Crippen molar-refractivity contribution < 1.29 is 8.81 Å². The molecule has 0 amide bonds. The molecule has 0 aliphatic carbocycles. The van der Waals surface area contributed by atoms with Crippen LogP contribution in [0.1, 0.15) is 5.56 Å². The minimum atomic E-state index is -0.975. The Labute approximate surface area is 127 Å². The Hall–Kier alpha value is -2.88. The van der Waals surface area contributed by atoms with E-state index in [1.54, 1.807) is 12.1 Å². The van der Waals surface area contributed by atoms with Crippen molar-refractivity contribution in [1.29, 1.82) is 0 Å². The zero-order chi connectivity index (χ0) is 15.4. The first-order valence-corrected chi connectivity index (χ1v) is 6.91. The SMILES string of the molecule is O=c1oc(-c2ccccc2)cc(NCc2ccccc2)c1F. The zero-order valence-electron chi connectivity index (χ0n) is 11.8. The molecule has 4 heteroatoms. The van der Waals surface area contributed by atoms with Crippen molar-refractivity contribution in [2.24, 2.45) is 0 Å². The van der Waals surface area contributed by atoms with E-state index in [2.05, 4.69) is 5.32 Å². The Balaban J connectivity index is 1.91. The van der Waals surface area contributed by atoms with Crippen molar-refractivity contribution in [2.45, 2.75) is 6.54 Å². The van der Waals surface area contributed by atoms with Crippen LogP contribution in [-0.4, -0.2) is 0 Å². The molecule has 1 heterocycles. The Morgan fingerprint density at radius 3 is 2.27 bits per heavy atom. The molecule has 0 unspecified atom stereocenters. The lowest BCUT2D eigenvalue weighted by molar-refractivity contribution is 0.465. The number of hydrogen-bond acceptors (Lipinski definition) is 3. The summed E-state index contributed by atoms with van der Waals surface area (Å²) in [5.74, 6) is -0.571. The highest BCUT2D eigenvalue weighted by Crippen LogP contribution is 2.22. The standard InChI is InChI=1S/C18H14FNO2/c19-17-15(20-12-13-7-3-1-4-8-13)11-16(22-18(17)21)14-9-5-2-6-10-14/h1-11,20H,12H2. The van der Waals surface area contributed by atoms with Gasteiger partial charge in [-0.1, -0.05) is 60.7 Å². The average Bonchev–Trinajstić information content (AvgIpc) is 2.58. The molecule has 0 atom stereocenters. The third-order valence-corrected chi connectivity index (χ3v) is 3.28. The van der Waals surface area contributed by atoms with Crippen LogP contribution in [0.3, 0.4) is 0 Å². The summed E-state index contributed by atoms with van der Waals surface area (Å²) in [6.45, 7) is 0.426. The number of rotatable bonds is 4. The van der Waals surface area contributed by atoms with Crippen LogP contribution in [0.2, 0.25) is 0 Å². The smallest absolute Gasteiger partial charge is 0.374 e. The molecule has 3 rings (SSSR count). The molecule has 0 fully saturated rings. The van der Waals surface area contributed by atoms with E-state index in [1.165, 1.54) is 6.07 Å². The van der Waals surface area contributed by atoms with Gasteiger partial charge in [-0.05, 0) is 5.56 Å². The number of hydrogen-bond donors (Lipinski definition) is 1. The van der Waals surface area contributed by atoms with Gasteiger partial charge in [-0.15, -0.1) is 0 Å². The second kappa shape index (κ2) is 6.26. The van der Waals surface area contributed by atoms with Gasteiger partial charge >= 0.3 is 5.63 Å². The maximum Gasteiger partial charge on any atom is 0.374 e. The van der Waals surface area contributed by atoms with Crippen molar-refractivity contribution in [1.82, 2.24) is 0 Å². The van der Waals surface area contributed by atoms with Gasteiger partial charge in [0.1, 0.15) is 5.76 Å². The fourth-order valence-corrected chi connectivity index (χ4v) is 2.15. The topological polar surface area (TPSA) is 42.2 Å². The molecule has 0 aliphatic heterocycles. The highest BCUT2D eigenvalue weighted by Gasteiger charge is 2.12. The molecule has 0 radical (unpaired) electrons. The zero-order valence-corrected chi connectivity index (χ0v) is 11.8. The van der Waals surface area contributed by atoms with E-state index in [0.29, 0.717) is 12.3 Å². The number of anilines is 1. The van der Waals surface area contributed by atoms with Crippen LogP contribution in [-0.2, 0) is 6.54 Å². The first kappa shape index (κ1) is 14.1. The minimum Gasteiger partial charge on any atom is -0.420 e. The highest BCUT2D eigenvalue weighted by atomic mass is 19.1. The summed E-state index contributed by atoms with van der Waals surface area (Å²) in [6.07, 6.45) is 0. The molecular formula is C18H14FNO2. The second-order valence-corrected chi connectivity index (χ2v) is 4.83. The fraction of sp³-hybridized carbons (Fsp3) is 0.0556. The molecule has 3 aromatic rings. The molecular weight excluding hydrogens is 281 g/mol. The van der Waals surface area contributed by atoms with E-state index in [1.807, 2.05) is 48.5 Å². The summed E-state index contributed by atoms with van der Waals surface area (Å²) in [7, 11) is 0. The molecule has 0 bridgehead atoms. The Morgan fingerprint density at radius 1 is 0.955 bits per heavy atom. The maximum atomic E-state index is 13.9. The molecule has 110 valence electrons. The number of benzene rings is 2. The van der Waals surface area contributed by atoms with Gasteiger partial charge in [0.15, 0.2) is 0 Å². The molecule has 1 aromatic heterocycles. The Bertz CT molecular complexity index is 813. The summed E-state index contributed by atoms with van der Waals surface area (Å²) in [6, 6.07) is 20.2. The van der Waals surface area contributed by atoms with Crippen molar-refractivity contribution in [3.63, 3.8) is 0 Å². The largest absolute Gasteiger partial charge is 0.420 e. The van der Waals surface area contributed by atoms with Crippen molar-refractivity contribution in [2.75, 3.05) is 5.32 Å². The summed E-state index contributed by atoms with van der Waals surface area (Å²) in [5.41, 5.74) is 0.884. The van der Waals surface area contributed by atoms with Crippen molar-refractivity contribution in [3.8, 4) is 11.3 Å². The van der Waals surface area contributed by atoms with E-state index < -0.39 is 11.4 Å². The van der Waals surface area contributed by atoms with Crippen LogP contribution in [0.25, 0.3) is 11.3 Å². The second-order valence-electron chi connectivity index (χ2n) is 4.83.